The normalized spacial score (nSPS) is 10.3. The van der Waals surface area contributed by atoms with Crippen molar-refractivity contribution < 1.29 is 9.47 Å². The van der Waals surface area contributed by atoms with Crippen molar-refractivity contribution in [3.05, 3.63) is 58.6 Å². The van der Waals surface area contributed by atoms with Gasteiger partial charge >= 0.3 is 0 Å². The second-order valence-electron chi connectivity index (χ2n) is 4.31. The highest BCUT2D eigenvalue weighted by atomic mass is 79.9. The number of hydrogen-bond acceptors (Lipinski definition) is 3. The smallest absolute Gasteiger partial charge is 0.119 e. The van der Waals surface area contributed by atoms with Crippen LogP contribution < -0.4 is 10.1 Å². The summed E-state index contributed by atoms with van der Waals surface area (Å²) in [6, 6.07) is 16.0. The Morgan fingerprint density at radius 3 is 2.75 bits per heavy atom. The van der Waals surface area contributed by atoms with Gasteiger partial charge in [-0.05, 0) is 45.8 Å². The van der Waals surface area contributed by atoms with E-state index in [-0.39, 0.29) is 0 Å². The number of para-hydroxylation sites is 1. The standard InChI is InChI=1S/C16H18BrNO2/c1-19-14-6-4-5-13(11-14)12-20-10-9-18-16-8-3-2-7-15(16)17/h2-8,11,18H,9-10,12H2,1H3. The van der Waals surface area contributed by atoms with Gasteiger partial charge in [-0.2, -0.15) is 0 Å². The van der Waals surface area contributed by atoms with E-state index >= 15 is 0 Å². The summed E-state index contributed by atoms with van der Waals surface area (Å²) in [6.45, 7) is 2.01. The number of halogens is 1. The molecule has 3 nitrogen and oxygen atoms in total. The van der Waals surface area contributed by atoms with Crippen molar-refractivity contribution in [1.82, 2.24) is 0 Å². The Labute approximate surface area is 128 Å². The lowest BCUT2D eigenvalue weighted by Crippen LogP contribution is -2.09. The molecule has 2 aromatic carbocycles. The lowest BCUT2D eigenvalue weighted by atomic mass is 10.2. The molecule has 0 atom stereocenters. The third-order valence-corrected chi connectivity index (χ3v) is 3.53. The van der Waals surface area contributed by atoms with E-state index in [0.717, 1.165) is 28.0 Å². The third kappa shape index (κ3) is 4.54. The van der Waals surface area contributed by atoms with E-state index in [1.54, 1.807) is 7.11 Å². The number of methoxy groups -OCH3 is 1. The van der Waals surface area contributed by atoms with Gasteiger partial charge in [0.05, 0.1) is 20.3 Å². The molecule has 0 aromatic heterocycles. The average molecular weight is 336 g/mol. The van der Waals surface area contributed by atoms with E-state index in [4.69, 9.17) is 9.47 Å². The lowest BCUT2D eigenvalue weighted by Gasteiger charge is -2.09. The fraction of sp³-hybridized carbons (Fsp3) is 0.250. The molecule has 1 N–H and O–H groups in total. The maximum atomic E-state index is 5.65. The largest absolute Gasteiger partial charge is 0.497 e. The number of anilines is 1. The Kier molecular flexibility index (Phi) is 5.89. The Hall–Kier alpha value is -1.52. The van der Waals surface area contributed by atoms with E-state index in [9.17, 15) is 0 Å². The van der Waals surface area contributed by atoms with Crippen molar-refractivity contribution in [2.24, 2.45) is 0 Å². The fourth-order valence-corrected chi connectivity index (χ4v) is 2.24. The molecule has 2 aromatic rings. The lowest BCUT2D eigenvalue weighted by molar-refractivity contribution is 0.130. The molecule has 0 heterocycles. The molecule has 0 unspecified atom stereocenters. The average Bonchev–Trinajstić information content (AvgIpc) is 2.49. The predicted octanol–water partition coefficient (Wildman–Crippen LogP) is 4.09. The molecule has 0 saturated carbocycles. The van der Waals surface area contributed by atoms with Gasteiger partial charge in [0, 0.05) is 16.7 Å². The first-order valence-corrected chi connectivity index (χ1v) is 7.28. The van der Waals surface area contributed by atoms with Gasteiger partial charge in [0.25, 0.3) is 0 Å². The summed E-state index contributed by atoms with van der Waals surface area (Å²) in [6.07, 6.45) is 0. The first kappa shape index (κ1) is 14.9. The molecule has 20 heavy (non-hydrogen) atoms. The Morgan fingerprint density at radius 2 is 1.95 bits per heavy atom. The van der Waals surface area contributed by atoms with Gasteiger partial charge in [-0.25, -0.2) is 0 Å². The highest BCUT2D eigenvalue weighted by Crippen LogP contribution is 2.20. The van der Waals surface area contributed by atoms with Crippen molar-refractivity contribution >= 4 is 21.6 Å². The summed E-state index contributed by atoms with van der Waals surface area (Å²) in [5.41, 5.74) is 2.20. The third-order valence-electron chi connectivity index (χ3n) is 2.84. The van der Waals surface area contributed by atoms with Gasteiger partial charge < -0.3 is 14.8 Å². The molecule has 0 fully saturated rings. The topological polar surface area (TPSA) is 30.5 Å². The van der Waals surface area contributed by atoms with Gasteiger partial charge in [0.2, 0.25) is 0 Å². The van der Waals surface area contributed by atoms with Gasteiger partial charge in [-0.3, -0.25) is 0 Å². The van der Waals surface area contributed by atoms with Crippen molar-refractivity contribution in [3.63, 3.8) is 0 Å². The number of rotatable bonds is 7. The molecule has 0 aliphatic carbocycles. The van der Waals surface area contributed by atoms with Crippen molar-refractivity contribution in [2.45, 2.75) is 6.61 Å². The fourth-order valence-electron chi connectivity index (χ4n) is 1.81. The van der Waals surface area contributed by atoms with Crippen LogP contribution in [0.5, 0.6) is 5.75 Å². The van der Waals surface area contributed by atoms with Crippen LogP contribution >= 0.6 is 15.9 Å². The van der Waals surface area contributed by atoms with Crippen molar-refractivity contribution in [3.8, 4) is 5.75 Å². The zero-order valence-electron chi connectivity index (χ0n) is 11.4. The van der Waals surface area contributed by atoms with Crippen LogP contribution in [0.2, 0.25) is 0 Å². The van der Waals surface area contributed by atoms with E-state index in [1.165, 1.54) is 0 Å². The summed E-state index contributed by atoms with van der Waals surface area (Å²) >= 11 is 3.50. The number of ether oxygens (including phenoxy) is 2. The first-order valence-electron chi connectivity index (χ1n) is 6.48. The molecule has 0 aliphatic heterocycles. The maximum Gasteiger partial charge on any atom is 0.119 e. The SMILES string of the molecule is COc1cccc(COCCNc2ccccc2Br)c1. The van der Waals surface area contributed by atoms with Crippen molar-refractivity contribution in [2.75, 3.05) is 25.6 Å². The second kappa shape index (κ2) is 7.92. The molecule has 0 amide bonds. The van der Waals surface area contributed by atoms with Gasteiger partial charge in [-0.15, -0.1) is 0 Å². The van der Waals surface area contributed by atoms with Crippen LogP contribution in [0.1, 0.15) is 5.56 Å². The Balaban J connectivity index is 1.70. The minimum Gasteiger partial charge on any atom is -0.497 e. The van der Waals surface area contributed by atoms with Gasteiger partial charge in [-0.1, -0.05) is 24.3 Å². The van der Waals surface area contributed by atoms with Crippen molar-refractivity contribution in [1.29, 1.82) is 0 Å². The van der Waals surface area contributed by atoms with E-state index < -0.39 is 0 Å². The zero-order chi connectivity index (χ0) is 14.2. The van der Waals surface area contributed by atoms with E-state index in [1.807, 2.05) is 48.5 Å². The predicted molar refractivity (Wildman–Crippen MR) is 85.3 cm³/mol. The summed E-state index contributed by atoms with van der Waals surface area (Å²) in [7, 11) is 1.67. The first-order chi connectivity index (χ1) is 9.79. The Morgan fingerprint density at radius 1 is 1.10 bits per heavy atom. The minimum atomic E-state index is 0.592. The molecule has 2 rings (SSSR count). The summed E-state index contributed by atoms with van der Waals surface area (Å²) < 4.78 is 11.9. The molecule has 106 valence electrons. The molecular weight excluding hydrogens is 318 g/mol. The van der Waals surface area contributed by atoms with E-state index in [0.29, 0.717) is 13.2 Å². The zero-order valence-corrected chi connectivity index (χ0v) is 13.0. The van der Waals surface area contributed by atoms with Crippen LogP contribution in [0.4, 0.5) is 5.69 Å². The van der Waals surface area contributed by atoms with Gasteiger partial charge in [0.15, 0.2) is 0 Å². The monoisotopic (exact) mass is 335 g/mol. The van der Waals surface area contributed by atoms with Crippen LogP contribution in [0.3, 0.4) is 0 Å². The highest BCUT2D eigenvalue weighted by molar-refractivity contribution is 9.10. The second-order valence-corrected chi connectivity index (χ2v) is 5.17. The van der Waals surface area contributed by atoms with Crippen LogP contribution in [-0.2, 0) is 11.3 Å². The molecule has 0 aliphatic rings. The van der Waals surface area contributed by atoms with Crippen LogP contribution in [-0.4, -0.2) is 20.3 Å². The van der Waals surface area contributed by atoms with E-state index in [2.05, 4.69) is 21.2 Å². The molecule has 0 bridgehead atoms. The molecule has 0 saturated heterocycles. The quantitative estimate of drug-likeness (QED) is 0.773. The molecule has 4 heteroatoms. The summed E-state index contributed by atoms with van der Waals surface area (Å²) in [5.74, 6) is 0.859. The Bertz CT molecular complexity index is 546. The highest BCUT2D eigenvalue weighted by Gasteiger charge is 1.98. The minimum absolute atomic E-state index is 0.592. The molecule has 0 radical (unpaired) electrons. The summed E-state index contributed by atoms with van der Waals surface area (Å²) in [4.78, 5) is 0. The number of nitrogens with one attached hydrogen (secondary N) is 1. The van der Waals surface area contributed by atoms with Crippen LogP contribution in [0, 0.1) is 0 Å². The summed E-state index contributed by atoms with van der Waals surface area (Å²) in [5, 5.41) is 3.33. The van der Waals surface area contributed by atoms with Crippen LogP contribution in [0.15, 0.2) is 53.0 Å². The van der Waals surface area contributed by atoms with Gasteiger partial charge in [0.1, 0.15) is 5.75 Å². The molecular formula is C16H18BrNO2. The number of benzene rings is 2. The van der Waals surface area contributed by atoms with Crippen LogP contribution in [0.25, 0.3) is 0 Å². The molecule has 0 spiro atoms. The number of hydrogen-bond donors (Lipinski definition) is 1. The maximum absolute atomic E-state index is 5.65.